The van der Waals surface area contributed by atoms with E-state index in [0.717, 1.165) is 25.9 Å². The molecule has 0 amide bonds. The number of likely N-dealkylation sites (tertiary alicyclic amines) is 1. The third-order valence-corrected chi connectivity index (χ3v) is 5.87. The first-order chi connectivity index (χ1) is 9.84. The quantitative estimate of drug-likeness (QED) is 0.723. The molecule has 0 bridgehead atoms. The summed E-state index contributed by atoms with van der Waals surface area (Å²) in [6.45, 7) is 10.9. The predicted molar refractivity (Wildman–Crippen MR) is 85.5 cm³/mol. The van der Waals surface area contributed by atoms with Crippen molar-refractivity contribution < 1.29 is 9.90 Å². The van der Waals surface area contributed by atoms with Crippen LogP contribution < -0.4 is 5.32 Å². The van der Waals surface area contributed by atoms with Crippen molar-refractivity contribution in [3.05, 3.63) is 0 Å². The summed E-state index contributed by atoms with van der Waals surface area (Å²) in [5, 5.41) is 13.0. The zero-order valence-corrected chi connectivity index (χ0v) is 14.1. The van der Waals surface area contributed by atoms with Crippen LogP contribution >= 0.6 is 0 Å². The molecule has 0 radical (unpaired) electrons. The van der Waals surface area contributed by atoms with Gasteiger partial charge in [0.25, 0.3) is 0 Å². The van der Waals surface area contributed by atoms with Gasteiger partial charge in [-0.2, -0.15) is 0 Å². The summed E-state index contributed by atoms with van der Waals surface area (Å²) in [4.78, 5) is 14.2. The molecule has 4 nitrogen and oxygen atoms in total. The minimum Gasteiger partial charge on any atom is -0.480 e. The Labute approximate surface area is 129 Å². The predicted octanol–water partition coefficient (Wildman–Crippen LogP) is 2.87. The molecule has 1 saturated heterocycles. The molecule has 4 heteroatoms. The van der Waals surface area contributed by atoms with Gasteiger partial charge in [0.2, 0.25) is 0 Å². The SMILES string of the molecule is CCC1(CC)CCN(C(C)CC(C)(NC2CC2)C(=O)O)C1. The Balaban J connectivity index is 1.96. The largest absolute Gasteiger partial charge is 0.480 e. The van der Waals surface area contributed by atoms with Crippen molar-refractivity contribution in [2.24, 2.45) is 5.41 Å². The lowest BCUT2D eigenvalue weighted by Gasteiger charge is -2.35. The Hall–Kier alpha value is -0.610. The van der Waals surface area contributed by atoms with Gasteiger partial charge in [-0.3, -0.25) is 10.1 Å². The molecule has 0 spiro atoms. The molecule has 122 valence electrons. The van der Waals surface area contributed by atoms with Crippen LogP contribution in [0.4, 0.5) is 0 Å². The summed E-state index contributed by atoms with van der Waals surface area (Å²) >= 11 is 0. The second-order valence-electron chi connectivity index (χ2n) is 7.54. The zero-order valence-electron chi connectivity index (χ0n) is 14.1. The van der Waals surface area contributed by atoms with E-state index in [1.54, 1.807) is 0 Å². The zero-order chi connectivity index (χ0) is 15.7. The second-order valence-corrected chi connectivity index (χ2v) is 7.54. The molecule has 1 aliphatic heterocycles. The van der Waals surface area contributed by atoms with Crippen LogP contribution in [0.2, 0.25) is 0 Å². The normalized spacial score (nSPS) is 26.5. The van der Waals surface area contributed by atoms with Crippen LogP contribution in [0.25, 0.3) is 0 Å². The molecular formula is C17H32N2O2. The topological polar surface area (TPSA) is 52.6 Å². The molecule has 1 saturated carbocycles. The van der Waals surface area contributed by atoms with Crippen LogP contribution in [-0.4, -0.2) is 46.7 Å². The average Bonchev–Trinajstić information content (AvgIpc) is 3.14. The number of aliphatic carboxylic acids is 1. The lowest BCUT2D eigenvalue weighted by Crippen LogP contribution is -2.54. The number of carboxylic acids is 1. The first-order valence-corrected chi connectivity index (χ1v) is 8.59. The lowest BCUT2D eigenvalue weighted by molar-refractivity contribution is -0.145. The Kier molecular flexibility index (Phi) is 4.99. The fraction of sp³-hybridized carbons (Fsp3) is 0.941. The Morgan fingerprint density at radius 1 is 1.43 bits per heavy atom. The number of nitrogens with one attached hydrogen (secondary N) is 1. The van der Waals surface area contributed by atoms with Gasteiger partial charge in [-0.25, -0.2) is 0 Å². The molecule has 2 rings (SSSR count). The third kappa shape index (κ3) is 3.78. The van der Waals surface area contributed by atoms with Gasteiger partial charge in [-0.15, -0.1) is 0 Å². The van der Waals surface area contributed by atoms with Gasteiger partial charge in [0.1, 0.15) is 5.54 Å². The van der Waals surface area contributed by atoms with E-state index in [-0.39, 0.29) is 0 Å². The monoisotopic (exact) mass is 296 g/mol. The fourth-order valence-electron chi connectivity index (χ4n) is 3.78. The highest BCUT2D eigenvalue weighted by molar-refractivity contribution is 5.78. The minimum atomic E-state index is -0.787. The van der Waals surface area contributed by atoms with Crippen molar-refractivity contribution in [1.82, 2.24) is 10.2 Å². The Morgan fingerprint density at radius 2 is 2.05 bits per heavy atom. The molecule has 1 aliphatic carbocycles. The molecule has 2 aliphatic rings. The van der Waals surface area contributed by atoms with Crippen molar-refractivity contribution >= 4 is 5.97 Å². The molecular weight excluding hydrogens is 264 g/mol. The highest BCUT2D eigenvalue weighted by Gasteiger charge is 2.43. The van der Waals surface area contributed by atoms with Gasteiger partial charge in [-0.05, 0) is 64.3 Å². The minimum absolute atomic E-state index is 0.317. The number of carboxylic acid groups (broad SMARTS) is 1. The van der Waals surface area contributed by atoms with Crippen LogP contribution in [0.15, 0.2) is 0 Å². The molecule has 0 aromatic rings. The smallest absolute Gasteiger partial charge is 0.323 e. The van der Waals surface area contributed by atoms with E-state index in [1.807, 2.05) is 6.92 Å². The lowest BCUT2D eigenvalue weighted by atomic mass is 9.82. The van der Waals surface area contributed by atoms with Crippen molar-refractivity contribution in [1.29, 1.82) is 0 Å². The maximum Gasteiger partial charge on any atom is 0.323 e. The van der Waals surface area contributed by atoms with Crippen molar-refractivity contribution in [2.75, 3.05) is 13.1 Å². The Bertz CT molecular complexity index is 377. The second kappa shape index (κ2) is 6.25. The Morgan fingerprint density at radius 3 is 2.48 bits per heavy atom. The van der Waals surface area contributed by atoms with Gasteiger partial charge in [0.15, 0.2) is 0 Å². The van der Waals surface area contributed by atoms with E-state index >= 15 is 0 Å². The maximum atomic E-state index is 11.7. The van der Waals surface area contributed by atoms with E-state index in [0.29, 0.717) is 23.9 Å². The van der Waals surface area contributed by atoms with E-state index in [4.69, 9.17) is 0 Å². The van der Waals surface area contributed by atoms with Crippen LogP contribution in [0.1, 0.15) is 66.2 Å². The number of hydrogen-bond donors (Lipinski definition) is 2. The van der Waals surface area contributed by atoms with Crippen LogP contribution in [0, 0.1) is 5.41 Å². The van der Waals surface area contributed by atoms with Gasteiger partial charge in [0.05, 0.1) is 0 Å². The van der Waals surface area contributed by atoms with E-state index in [2.05, 4.69) is 31.0 Å². The fourth-order valence-corrected chi connectivity index (χ4v) is 3.78. The summed E-state index contributed by atoms with van der Waals surface area (Å²) < 4.78 is 0. The summed E-state index contributed by atoms with van der Waals surface area (Å²) in [5.74, 6) is -0.710. The number of rotatable bonds is 8. The number of carbonyl (C=O) groups is 1. The first-order valence-electron chi connectivity index (χ1n) is 8.59. The summed E-state index contributed by atoms with van der Waals surface area (Å²) in [5.41, 5.74) is -0.331. The average molecular weight is 296 g/mol. The van der Waals surface area contributed by atoms with Gasteiger partial charge in [-0.1, -0.05) is 13.8 Å². The van der Waals surface area contributed by atoms with E-state index in [1.165, 1.54) is 19.3 Å². The number of nitrogens with zero attached hydrogens (tertiary/aromatic N) is 1. The molecule has 21 heavy (non-hydrogen) atoms. The molecule has 2 atom stereocenters. The summed E-state index contributed by atoms with van der Waals surface area (Å²) in [6.07, 6.45) is 6.63. The van der Waals surface area contributed by atoms with Crippen molar-refractivity contribution in [3.8, 4) is 0 Å². The molecule has 2 unspecified atom stereocenters. The van der Waals surface area contributed by atoms with Gasteiger partial charge in [0, 0.05) is 18.6 Å². The third-order valence-electron chi connectivity index (χ3n) is 5.87. The molecule has 0 aromatic heterocycles. The molecule has 2 N–H and O–H groups in total. The maximum absolute atomic E-state index is 11.7. The highest BCUT2D eigenvalue weighted by Crippen LogP contribution is 2.38. The molecule has 2 fully saturated rings. The van der Waals surface area contributed by atoms with E-state index < -0.39 is 11.5 Å². The number of hydrogen-bond acceptors (Lipinski definition) is 3. The van der Waals surface area contributed by atoms with Gasteiger partial charge >= 0.3 is 5.97 Å². The summed E-state index contributed by atoms with van der Waals surface area (Å²) in [6, 6.07) is 0.736. The van der Waals surface area contributed by atoms with Crippen LogP contribution in [-0.2, 0) is 4.79 Å². The molecule has 0 aromatic carbocycles. The molecule has 1 heterocycles. The van der Waals surface area contributed by atoms with E-state index in [9.17, 15) is 9.90 Å². The van der Waals surface area contributed by atoms with Crippen LogP contribution in [0.5, 0.6) is 0 Å². The first kappa shape index (κ1) is 16.8. The van der Waals surface area contributed by atoms with Crippen molar-refractivity contribution in [3.63, 3.8) is 0 Å². The van der Waals surface area contributed by atoms with Gasteiger partial charge < -0.3 is 10.0 Å². The van der Waals surface area contributed by atoms with Crippen molar-refractivity contribution in [2.45, 2.75) is 83.8 Å². The summed E-state index contributed by atoms with van der Waals surface area (Å²) in [7, 11) is 0. The van der Waals surface area contributed by atoms with Crippen LogP contribution in [0.3, 0.4) is 0 Å². The highest BCUT2D eigenvalue weighted by atomic mass is 16.4. The standard InChI is InChI=1S/C17H32N2O2/c1-5-17(6-2)9-10-19(12-17)13(3)11-16(4,15(20)21)18-14-7-8-14/h13-14,18H,5-12H2,1-4H3,(H,20,21).